The lowest BCUT2D eigenvalue weighted by Crippen LogP contribution is -2.47. The van der Waals surface area contributed by atoms with Gasteiger partial charge in [0.15, 0.2) is 0 Å². The van der Waals surface area contributed by atoms with E-state index in [1.54, 1.807) is 0 Å². The molecule has 1 amide bonds. The molecule has 0 N–H and O–H groups in total. The van der Waals surface area contributed by atoms with E-state index in [-0.39, 0.29) is 12.1 Å². The van der Waals surface area contributed by atoms with Gasteiger partial charge in [0.2, 0.25) is 0 Å². The van der Waals surface area contributed by atoms with E-state index in [0.717, 1.165) is 32.4 Å². The van der Waals surface area contributed by atoms with Crippen molar-refractivity contribution in [2.75, 3.05) is 13.1 Å². The molecule has 2 unspecified atom stereocenters. The van der Waals surface area contributed by atoms with Gasteiger partial charge in [0.05, 0.1) is 0 Å². The van der Waals surface area contributed by atoms with Gasteiger partial charge in [-0.05, 0) is 60.1 Å². The molecule has 0 bridgehead atoms. The maximum Gasteiger partial charge on any atom is 0.410 e. The van der Waals surface area contributed by atoms with E-state index >= 15 is 0 Å². The Kier molecular flexibility index (Phi) is 5.90. The summed E-state index contributed by atoms with van der Waals surface area (Å²) < 4.78 is 5.54. The lowest BCUT2D eigenvalue weighted by atomic mass is 10.1. The molecule has 0 aromatic rings. The van der Waals surface area contributed by atoms with Crippen LogP contribution in [0.5, 0.6) is 0 Å². The summed E-state index contributed by atoms with van der Waals surface area (Å²) >= 11 is 0. The summed E-state index contributed by atoms with van der Waals surface area (Å²) in [6, 6.07) is 0.577. The number of nitrogens with zero attached hydrogens (tertiary/aromatic N) is 2. The molecule has 1 aliphatic heterocycles. The number of amides is 1. The first-order valence-electron chi connectivity index (χ1n) is 7.66. The monoisotopic (exact) mass is 282 g/mol. The average Bonchev–Trinajstić information content (AvgIpc) is 2.51. The Morgan fingerprint density at radius 3 is 2.60 bits per heavy atom. The Labute approximate surface area is 123 Å². The maximum absolute atomic E-state index is 12.4. The van der Waals surface area contributed by atoms with Crippen LogP contribution in [-0.4, -0.2) is 46.7 Å². The highest BCUT2D eigenvalue weighted by Gasteiger charge is 2.31. The maximum atomic E-state index is 12.4. The molecule has 20 heavy (non-hydrogen) atoms. The van der Waals surface area contributed by atoms with Gasteiger partial charge in [-0.1, -0.05) is 6.58 Å². The van der Waals surface area contributed by atoms with Gasteiger partial charge in [-0.25, -0.2) is 4.79 Å². The lowest BCUT2D eigenvalue weighted by Gasteiger charge is -2.35. The highest BCUT2D eigenvalue weighted by molar-refractivity contribution is 5.68. The van der Waals surface area contributed by atoms with E-state index in [2.05, 4.69) is 25.3 Å². The topological polar surface area (TPSA) is 32.8 Å². The molecule has 4 nitrogen and oxygen atoms in total. The highest BCUT2D eigenvalue weighted by atomic mass is 16.6. The number of carbonyl (C=O) groups excluding carboxylic acids is 1. The van der Waals surface area contributed by atoms with Gasteiger partial charge >= 0.3 is 6.09 Å². The zero-order valence-corrected chi connectivity index (χ0v) is 13.7. The van der Waals surface area contributed by atoms with Gasteiger partial charge in [0.1, 0.15) is 5.60 Å². The van der Waals surface area contributed by atoms with Crippen LogP contribution in [0, 0.1) is 0 Å². The summed E-state index contributed by atoms with van der Waals surface area (Å²) in [5.41, 5.74) is -0.443. The third-order valence-corrected chi connectivity index (χ3v) is 3.80. The minimum atomic E-state index is -0.443. The number of rotatable bonds is 3. The Hall–Kier alpha value is -1.19. The number of ether oxygens (including phenoxy) is 1. The van der Waals surface area contributed by atoms with Crippen molar-refractivity contribution in [3.05, 3.63) is 12.8 Å². The number of carbonyl (C=O) groups is 1. The molecular formula is C16H30N2O2. The zero-order valence-electron chi connectivity index (χ0n) is 13.7. The fourth-order valence-electron chi connectivity index (χ4n) is 2.69. The summed E-state index contributed by atoms with van der Waals surface area (Å²) in [6.07, 6.45) is 4.95. The van der Waals surface area contributed by atoms with Crippen molar-refractivity contribution in [1.29, 1.82) is 0 Å². The van der Waals surface area contributed by atoms with Gasteiger partial charge < -0.3 is 14.5 Å². The molecule has 116 valence electrons. The Bertz CT molecular complexity index is 336. The molecule has 0 saturated carbocycles. The van der Waals surface area contributed by atoms with Crippen molar-refractivity contribution < 1.29 is 9.53 Å². The molecule has 2 atom stereocenters. The van der Waals surface area contributed by atoms with Crippen LogP contribution in [0.25, 0.3) is 0 Å². The zero-order chi connectivity index (χ0) is 15.3. The first kappa shape index (κ1) is 16.9. The number of hydrogen-bond donors (Lipinski definition) is 0. The average molecular weight is 282 g/mol. The van der Waals surface area contributed by atoms with Crippen molar-refractivity contribution in [3.8, 4) is 0 Å². The van der Waals surface area contributed by atoms with E-state index in [1.165, 1.54) is 0 Å². The molecule has 4 heteroatoms. The Balaban J connectivity index is 2.80. The Morgan fingerprint density at radius 2 is 2.10 bits per heavy atom. The fourth-order valence-corrected chi connectivity index (χ4v) is 2.69. The summed E-state index contributed by atoms with van der Waals surface area (Å²) in [6.45, 7) is 15.5. The largest absolute Gasteiger partial charge is 0.444 e. The highest BCUT2D eigenvalue weighted by Crippen LogP contribution is 2.22. The van der Waals surface area contributed by atoms with Crippen LogP contribution in [0.3, 0.4) is 0 Å². The molecule has 1 heterocycles. The SMILES string of the molecule is C=CN(CC)C1CCCC(C)N(C(=O)OC(C)(C)C)C1. The van der Waals surface area contributed by atoms with Crippen LogP contribution in [0.1, 0.15) is 53.9 Å². The van der Waals surface area contributed by atoms with Gasteiger partial charge in [-0.15, -0.1) is 0 Å². The molecule has 0 aromatic carbocycles. The molecule has 1 aliphatic rings. The normalized spacial score (nSPS) is 23.9. The van der Waals surface area contributed by atoms with Crippen LogP contribution >= 0.6 is 0 Å². The second-order valence-corrected chi connectivity index (χ2v) is 6.58. The van der Waals surface area contributed by atoms with Crippen LogP contribution in [-0.2, 0) is 4.74 Å². The first-order chi connectivity index (χ1) is 9.28. The van der Waals surface area contributed by atoms with E-state index in [9.17, 15) is 4.79 Å². The van der Waals surface area contributed by atoms with E-state index in [0.29, 0.717) is 6.04 Å². The predicted molar refractivity (Wildman–Crippen MR) is 82.6 cm³/mol. The third kappa shape index (κ3) is 4.73. The smallest absolute Gasteiger partial charge is 0.410 e. The molecule has 0 aromatic heterocycles. The standard InChI is InChI=1S/C16H30N2O2/c1-7-17(8-2)14-11-9-10-13(3)18(12-14)15(19)20-16(4,5)6/h7,13-14H,1,8-12H2,2-6H3. The minimum absolute atomic E-state index is 0.197. The summed E-state index contributed by atoms with van der Waals surface area (Å²) in [4.78, 5) is 16.5. The van der Waals surface area contributed by atoms with Crippen LogP contribution < -0.4 is 0 Å². The summed E-state index contributed by atoms with van der Waals surface area (Å²) in [7, 11) is 0. The summed E-state index contributed by atoms with van der Waals surface area (Å²) in [5.74, 6) is 0. The molecule has 1 rings (SSSR count). The fraction of sp³-hybridized carbons (Fsp3) is 0.812. The van der Waals surface area contributed by atoms with E-state index in [1.807, 2.05) is 31.9 Å². The van der Waals surface area contributed by atoms with Gasteiger partial charge in [-0.3, -0.25) is 0 Å². The van der Waals surface area contributed by atoms with Crippen LogP contribution in [0.2, 0.25) is 0 Å². The molecule has 0 aliphatic carbocycles. The quantitative estimate of drug-likeness (QED) is 0.792. The third-order valence-electron chi connectivity index (χ3n) is 3.80. The second kappa shape index (κ2) is 7.00. The van der Waals surface area contributed by atoms with E-state index in [4.69, 9.17) is 4.74 Å². The number of hydrogen-bond acceptors (Lipinski definition) is 3. The van der Waals surface area contributed by atoms with Crippen molar-refractivity contribution in [2.24, 2.45) is 0 Å². The van der Waals surface area contributed by atoms with Crippen molar-refractivity contribution in [2.45, 2.75) is 71.6 Å². The molecule has 0 spiro atoms. The Morgan fingerprint density at radius 1 is 1.45 bits per heavy atom. The molecule has 0 radical (unpaired) electrons. The van der Waals surface area contributed by atoms with Crippen molar-refractivity contribution in [1.82, 2.24) is 9.80 Å². The lowest BCUT2D eigenvalue weighted by molar-refractivity contribution is 0.0144. The molecule has 1 fully saturated rings. The number of likely N-dealkylation sites (tertiary alicyclic amines) is 1. The summed E-state index contributed by atoms with van der Waals surface area (Å²) in [5, 5.41) is 0. The van der Waals surface area contributed by atoms with Crippen molar-refractivity contribution in [3.63, 3.8) is 0 Å². The van der Waals surface area contributed by atoms with Gasteiger partial charge in [0.25, 0.3) is 0 Å². The van der Waals surface area contributed by atoms with Crippen LogP contribution in [0.4, 0.5) is 4.79 Å². The predicted octanol–water partition coefficient (Wildman–Crippen LogP) is 3.63. The van der Waals surface area contributed by atoms with Crippen molar-refractivity contribution >= 4 is 6.09 Å². The van der Waals surface area contributed by atoms with Gasteiger partial charge in [-0.2, -0.15) is 0 Å². The minimum Gasteiger partial charge on any atom is -0.444 e. The molecule has 1 saturated heterocycles. The van der Waals surface area contributed by atoms with Crippen LogP contribution in [0.15, 0.2) is 12.8 Å². The van der Waals surface area contributed by atoms with E-state index < -0.39 is 5.60 Å². The first-order valence-corrected chi connectivity index (χ1v) is 7.66. The second-order valence-electron chi connectivity index (χ2n) is 6.58. The molecular weight excluding hydrogens is 252 g/mol. The number of likely N-dealkylation sites (N-methyl/N-ethyl adjacent to an activating group) is 1. The van der Waals surface area contributed by atoms with Gasteiger partial charge in [0, 0.05) is 25.2 Å².